The molecule has 0 aliphatic rings. The van der Waals surface area contributed by atoms with Gasteiger partial charge in [-0.1, -0.05) is 0 Å². The second-order valence-electron chi connectivity index (χ2n) is 4.16. The van der Waals surface area contributed by atoms with Crippen molar-refractivity contribution in [3.05, 3.63) is 42.0 Å². The summed E-state index contributed by atoms with van der Waals surface area (Å²) in [6, 6.07) is 7.56. The van der Waals surface area contributed by atoms with E-state index in [1.54, 1.807) is 0 Å². The lowest BCUT2D eigenvalue weighted by Crippen LogP contribution is -2.03. The van der Waals surface area contributed by atoms with Crippen molar-refractivity contribution in [3.63, 3.8) is 0 Å². The van der Waals surface area contributed by atoms with Crippen LogP contribution in [-0.2, 0) is 20.2 Å². The maximum atomic E-state index is 5.68. The third-order valence-electron chi connectivity index (χ3n) is 2.73. The monoisotopic (exact) mass is 261 g/mol. The number of hydrogen-bond donors (Lipinski definition) is 1. The topological polar surface area (TPSA) is 62.3 Å². The van der Waals surface area contributed by atoms with Crippen molar-refractivity contribution in [2.45, 2.75) is 20.1 Å². The zero-order chi connectivity index (χ0) is 13.7. The van der Waals surface area contributed by atoms with Gasteiger partial charge >= 0.3 is 0 Å². The highest BCUT2D eigenvalue weighted by Gasteiger charge is 2.05. The predicted octanol–water partition coefficient (Wildman–Crippen LogP) is 1.86. The number of hydrogen-bond acceptors (Lipinski definition) is 4. The molecule has 0 unspecified atom stereocenters. The molecule has 5 heteroatoms. The summed E-state index contributed by atoms with van der Waals surface area (Å²) in [4.78, 5) is 4.38. The van der Waals surface area contributed by atoms with Crippen LogP contribution in [0.5, 0.6) is 11.5 Å². The van der Waals surface area contributed by atoms with Crippen molar-refractivity contribution in [1.82, 2.24) is 9.55 Å². The van der Waals surface area contributed by atoms with Crippen molar-refractivity contribution in [3.8, 4) is 11.5 Å². The summed E-state index contributed by atoms with van der Waals surface area (Å²) in [7, 11) is 1.93. The molecular weight excluding hydrogens is 242 g/mol. The van der Waals surface area contributed by atoms with Gasteiger partial charge in [-0.3, -0.25) is 0 Å². The molecule has 2 aromatic rings. The highest BCUT2D eigenvalue weighted by atomic mass is 16.5. The van der Waals surface area contributed by atoms with Gasteiger partial charge in [0.1, 0.15) is 23.9 Å². The van der Waals surface area contributed by atoms with Gasteiger partial charge in [-0.05, 0) is 31.2 Å². The van der Waals surface area contributed by atoms with Gasteiger partial charge in [0.25, 0.3) is 0 Å². The lowest BCUT2D eigenvalue weighted by molar-refractivity contribution is 0.290. The Morgan fingerprint density at radius 2 is 1.79 bits per heavy atom. The minimum absolute atomic E-state index is 0.421. The lowest BCUT2D eigenvalue weighted by atomic mass is 10.3. The Balaban J connectivity index is 1.95. The van der Waals surface area contributed by atoms with Gasteiger partial charge in [0.15, 0.2) is 0 Å². The third-order valence-corrected chi connectivity index (χ3v) is 2.73. The molecule has 0 saturated carbocycles. The number of rotatable bonds is 6. The maximum Gasteiger partial charge on any atom is 0.146 e. The average Bonchev–Trinajstić information content (AvgIpc) is 2.79. The van der Waals surface area contributed by atoms with Crippen LogP contribution in [0, 0.1) is 0 Å². The minimum atomic E-state index is 0.421. The van der Waals surface area contributed by atoms with Crippen molar-refractivity contribution >= 4 is 0 Å². The van der Waals surface area contributed by atoms with Crippen molar-refractivity contribution in [2.75, 3.05) is 6.61 Å². The first-order valence-electron chi connectivity index (χ1n) is 6.29. The van der Waals surface area contributed by atoms with E-state index in [9.17, 15) is 0 Å². The van der Waals surface area contributed by atoms with E-state index in [0.717, 1.165) is 23.0 Å². The van der Waals surface area contributed by atoms with Crippen molar-refractivity contribution in [2.24, 2.45) is 12.8 Å². The Morgan fingerprint density at radius 3 is 2.32 bits per heavy atom. The van der Waals surface area contributed by atoms with Crippen LogP contribution < -0.4 is 15.2 Å². The molecule has 1 aromatic carbocycles. The first-order valence-corrected chi connectivity index (χ1v) is 6.29. The van der Waals surface area contributed by atoms with Crippen LogP contribution in [0.15, 0.2) is 30.5 Å². The second-order valence-corrected chi connectivity index (χ2v) is 4.16. The predicted molar refractivity (Wildman–Crippen MR) is 73.0 cm³/mol. The molecule has 0 aliphatic carbocycles. The van der Waals surface area contributed by atoms with Crippen LogP contribution in [0.3, 0.4) is 0 Å². The standard InChI is InChI=1S/C14H19N3O2/c1-3-18-12-4-6-13(7-5-12)19-10-14-16-11(8-15)9-17(14)2/h4-7,9H,3,8,10,15H2,1-2H3. The van der Waals surface area contributed by atoms with E-state index in [-0.39, 0.29) is 0 Å². The van der Waals surface area contributed by atoms with Gasteiger partial charge in [-0.15, -0.1) is 0 Å². The maximum absolute atomic E-state index is 5.68. The van der Waals surface area contributed by atoms with E-state index in [1.807, 2.05) is 49.0 Å². The van der Waals surface area contributed by atoms with Crippen LogP contribution in [0.4, 0.5) is 0 Å². The Hall–Kier alpha value is -2.01. The smallest absolute Gasteiger partial charge is 0.146 e. The molecule has 0 atom stereocenters. The Kier molecular flexibility index (Phi) is 4.41. The fraction of sp³-hybridized carbons (Fsp3) is 0.357. The van der Waals surface area contributed by atoms with Crippen LogP contribution in [-0.4, -0.2) is 16.2 Å². The SMILES string of the molecule is CCOc1ccc(OCc2nc(CN)cn2C)cc1. The molecule has 1 heterocycles. The number of aryl methyl sites for hydroxylation is 1. The summed E-state index contributed by atoms with van der Waals surface area (Å²) >= 11 is 0. The largest absolute Gasteiger partial charge is 0.494 e. The molecule has 102 valence electrons. The molecule has 2 rings (SSSR count). The molecular formula is C14H19N3O2. The highest BCUT2D eigenvalue weighted by molar-refractivity contribution is 5.31. The van der Waals surface area contributed by atoms with E-state index in [2.05, 4.69) is 4.98 Å². The van der Waals surface area contributed by atoms with Crippen LogP contribution in [0.2, 0.25) is 0 Å². The van der Waals surface area contributed by atoms with Gasteiger partial charge in [0.05, 0.1) is 12.3 Å². The highest BCUT2D eigenvalue weighted by Crippen LogP contribution is 2.18. The van der Waals surface area contributed by atoms with Crippen molar-refractivity contribution in [1.29, 1.82) is 0 Å². The van der Waals surface area contributed by atoms with E-state index >= 15 is 0 Å². The quantitative estimate of drug-likeness (QED) is 0.862. The number of nitrogens with two attached hydrogens (primary N) is 1. The zero-order valence-corrected chi connectivity index (χ0v) is 11.3. The Bertz CT molecular complexity index is 520. The van der Waals surface area contributed by atoms with E-state index in [4.69, 9.17) is 15.2 Å². The molecule has 0 saturated heterocycles. The summed E-state index contributed by atoms with van der Waals surface area (Å²) in [6.07, 6.45) is 1.91. The summed E-state index contributed by atoms with van der Waals surface area (Å²) in [6.45, 7) is 3.48. The van der Waals surface area contributed by atoms with Gasteiger partial charge < -0.3 is 19.8 Å². The molecule has 0 fully saturated rings. The molecule has 1 aromatic heterocycles. The molecule has 0 aliphatic heterocycles. The van der Waals surface area contributed by atoms with Crippen LogP contribution >= 0.6 is 0 Å². The molecule has 5 nitrogen and oxygen atoms in total. The molecule has 19 heavy (non-hydrogen) atoms. The molecule has 0 spiro atoms. The summed E-state index contributed by atoms with van der Waals surface area (Å²) in [5.74, 6) is 2.49. The second kappa shape index (κ2) is 6.24. The lowest BCUT2D eigenvalue weighted by Gasteiger charge is -2.07. The fourth-order valence-corrected chi connectivity index (χ4v) is 1.75. The van der Waals surface area contributed by atoms with E-state index in [1.165, 1.54) is 0 Å². The average molecular weight is 261 g/mol. The third kappa shape index (κ3) is 3.48. The first-order chi connectivity index (χ1) is 9.22. The molecule has 0 bridgehead atoms. The molecule has 0 radical (unpaired) electrons. The number of imidazole rings is 1. The van der Waals surface area contributed by atoms with Gasteiger partial charge in [0.2, 0.25) is 0 Å². The molecule has 0 amide bonds. The first kappa shape index (κ1) is 13.4. The summed E-state index contributed by atoms with van der Waals surface area (Å²) in [5.41, 5.74) is 6.42. The fourth-order valence-electron chi connectivity index (χ4n) is 1.75. The minimum Gasteiger partial charge on any atom is -0.494 e. The van der Waals surface area contributed by atoms with Crippen molar-refractivity contribution < 1.29 is 9.47 Å². The molecule has 2 N–H and O–H groups in total. The number of benzene rings is 1. The van der Waals surface area contributed by atoms with Crippen LogP contribution in [0.25, 0.3) is 0 Å². The Labute approximate surface area is 113 Å². The van der Waals surface area contributed by atoms with Gasteiger partial charge in [0, 0.05) is 19.8 Å². The number of ether oxygens (including phenoxy) is 2. The normalized spacial score (nSPS) is 10.5. The van der Waals surface area contributed by atoms with Gasteiger partial charge in [-0.2, -0.15) is 0 Å². The summed E-state index contributed by atoms with van der Waals surface area (Å²) in [5, 5.41) is 0. The van der Waals surface area contributed by atoms with E-state index in [0.29, 0.717) is 19.8 Å². The summed E-state index contributed by atoms with van der Waals surface area (Å²) < 4.78 is 13.0. The zero-order valence-electron chi connectivity index (χ0n) is 11.3. The van der Waals surface area contributed by atoms with Gasteiger partial charge in [-0.25, -0.2) is 4.98 Å². The number of nitrogens with zero attached hydrogens (tertiary/aromatic N) is 2. The van der Waals surface area contributed by atoms with Crippen LogP contribution in [0.1, 0.15) is 18.4 Å². The number of aromatic nitrogens is 2. The van der Waals surface area contributed by atoms with E-state index < -0.39 is 0 Å². The Morgan fingerprint density at radius 1 is 1.16 bits per heavy atom.